The van der Waals surface area contributed by atoms with Gasteiger partial charge in [0.05, 0.1) is 6.42 Å². The van der Waals surface area contributed by atoms with Crippen molar-refractivity contribution in [1.82, 2.24) is 9.80 Å². The summed E-state index contributed by atoms with van der Waals surface area (Å²) in [5, 5.41) is 4.09. The molecule has 1 aromatic carbocycles. The molecule has 0 atom stereocenters. The number of aryl methyl sites for hydroxylation is 1. The standard InChI is InChI=1S/C19H21FN2O2S/c20-17-4-1-15(2-5-17)13-19(24)22-10-8-21(9-11-22)18(23)6-3-16-7-12-25-14-16/h1-2,4-5,7,12,14H,3,6,8-11,13H2. The van der Waals surface area contributed by atoms with Crippen LogP contribution in [0.25, 0.3) is 0 Å². The summed E-state index contributed by atoms with van der Waals surface area (Å²) < 4.78 is 12.9. The van der Waals surface area contributed by atoms with Crippen LogP contribution < -0.4 is 0 Å². The predicted molar refractivity (Wildman–Crippen MR) is 95.9 cm³/mol. The number of carbonyl (C=O) groups is 2. The fraction of sp³-hybridized carbons (Fsp3) is 0.368. The van der Waals surface area contributed by atoms with Crippen LogP contribution in [0.5, 0.6) is 0 Å². The van der Waals surface area contributed by atoms with Crippen LogP contribution in [0.1, 0.15) is 17.5 Å². The van der Waals surface area contributed by atoms with Gasteiger partial charge >= 0.3 is 0 Å². The number of benzene rings is 1. The maximum Gasteiger partial charge on any atom is 0.227 e. The van der Waals surface area contributed by atoms with Gasteiger partial charge in [0.1, 0.15) is 5.82 Å². The van der Waals surface area contributed by atoms with Crippen molar-refractivity contribution in [2.45, 2.75) is 19.3 Å². The summed E-state index contributed by atoms with van der Waals surface area (Å²) >= 11 is 1.64. The van der Waals surface area contributed by atoms with E-state index in [2.05, 4.69) is 5.38 Å². The lowest BCUT2D eigenvalue weighted by Gasteiger charge is -2.35. The molecule has 1 aromatic heterocycles. The van der Waals surface area contributed by atoms with Crippen LogP contribution >= 0.6 is 11.3 Å². The zero-order valence-corrected chi connectivity index (χ0v) is 14.8. The minimum absolute atomic E-state index is 0.0250. The molecular formula is C19H21FN2O2S. The van der Waals surface area contributed by atoms with Crippen LogP contribution in [-0.2, 0) is 22.4 Å². The average Bonchev–Trinajstić information content (AvgIpc) is 3.15. The lowest BCUT2D eigenvalue weighted by molar-refractivity contribution is -0.139. The topological polar surface area (TPSA) is 40.6 Å². The van der Waals surface area contributed by atoms with E-state index in [-0.39, 0.29) is 24.1 Å². The average molecular weight is 360 g/mol. The summed E-state index contributed by atoms with van der Waals surface area (Å²) in [6.07, 6.45) is 1.55. The van der Waals surface area contributed by atoms with E-state index in [0.717, 1.165) is 12.0 Å². The van der Waals surface area contributed by atoms with Crippen LogP contribution in [0.4, 0.5) is 4.39 Å². The molecule has 1 saturated heterocycles. The zero-order chi connectivity index (χ0) is 17.6. The van der Waals surface area contributed by atoms with E-state index in [4.69, 9.17) is 0 Å². The molecule has 1 aliphatic rings. The second kappa shape index (κ2) is 8.25. The Morgan fingerprint density at radius 2 is 1.56 bits per heavy atom. The van der Waals surface area contributed by atoms with E-state index < -0.39 is 0 Å². The molecule has 0 aliphatic carbocycles. The summed E-state index contributed by atoms with van der Waals surface area (Å²) in [4.78, 5) is 28.2. The predicted octanol–water partition coefficient (Wildman–Crippen LogP) is 2.73. The monoisotopic (exact) mass is 360 g/mol. The fourth-order valence-electron chi connectivity index (χ4n) is 2.94. The quantitative estimate of drug-likeness (QED) is 0.823. The third-order valence-corrected chi connectivity index (χ3v) is 5.19. The van der Waals surface area contributed by atoms with Crippen molar-refractivity contribution in [2.75, 3.05) is 26.2 Å². The van der Waals surface area contributed by atoms with Gasteiger partial charge in [0.25, 0.3) is 0 Å². The molecule has 0 radical (unpaired) electrons. The number of piperazine rings is 1. The van der Waals surface area contributed by atoms with Gasteiger partial charge in [0.2, 0.25) is 11.8 Å². The van der Waals surface area contributed by atoms with E-state index in [1.54, 1.807) is 28.4 Å². The highest BCUT2D eigenvalue weighted by atomic mass is 32.1. The maximum absolute atomic E-state index is 12.9. The fourth-order valence-corrected chi connectivity index (χ4v) is 3.64. The molecule has 1 aliphatic heterocycles. The Bertz CT molecular complexity index is 708. The highest BCUT2D eigenvalue weighted by Crippen LogP contribution is 2.12. The third-order valence-electron chi connectivity index (χ3n) is 4.46. The molecule has 2 heterocycles. The normalized spacial score (nSPS) is 14.6. The molecule has 2 aromatic rings. The summed E-state index contributed by atoms with van der Waals surface area (Å²) in [7, 11) is 0. The summed E-state index contributed by atoms with van der Waals surface area (Å²) in [5.74, 6) is -0.125. The van der Waals surface area contributed by atoms with Gasteiger partial charge in [0.15, 0.2) is 0 Å². The molecule has 2 amide bonds. The highest BCUT2D eigenvalue weighted by molar-refractivity contribution is 7.07. The van der Waals surface area contributed by atoms with Gasteiger partial charge in [-0.15, -0.1) is 0 Å². The van der Waals surface area contributed by atoms with Crippen molar-refractivity contribution in [3.05, 3.63) is 58.0 Å². The molecule has 0 spiro atoms. The number of halogens is 1. The molecule has 132 valence electrons. The summed E-state index contributed by atoms with van der Waals surface area (Å²) in [6, 6.07) is 8.05. The van der Waals surface area contributed by atoms with Crippen LogP contribution in [0.15, 0.2) is 41.1 Å². The SMILES string of the molecule is O=C(CCc1ccsc1)N1CCN(C(=O)Cc2ccc(F)cc2)CC1. The lowest BCUT2D eigenvalue weighted by atomic mass is 10.1. The van der Waals surface area contributed by atoms with Gasteiger partial charge in [-0.05, 0) is 46.5 Å². The van der Waals surface area contributed by atoms with Crippen LogP contribution in [0.3, 0.4) is 0 Å². The smallest absolute Gasteiger partial charge is 0.227 e. The van der Waals surface area contributed by atoms with Crippen molar-refractivity contribution in [2.24, 2.45) is 0 Å². The van der Waals surface area contributed by atoms with E-state index >= 15 is 0 Å². The molecule has 3 rings (SSSR count). The minimum atomic E-state index is -0.300. The van der Waals surface area contributed by atoms with E-state index in [1.807, 2.05) is 16.3 Å². The second-order valence-electron chi connectivity index (χ2n) is 6.20. The van der Waals surface area contributed by atoms with Crippen LogP contribution in [0.2, 0.25) is 0 Å². The molecule has 0 unspecified atom stereocenters. The van der Waals surface area contributed by atoms with Gasteiger partial charge in [-0.2, -0.15) is 11.3 Å². The second-order valence-corrected chi connectivity index (χ2v) is 6.98. The van der Waals surface area contributed by atoms with Crippen molar-refractivity contribution in [3.8, 4) is 0 Å². The first-order chi connectivity index (χ1) is 12.1. The third kappa shape index (κ3) is 4.89. The van der Waals surface area contributed by atoms with Crippen molar-refractivity contribution in [3.63, 3.8) is 0 Å². The Hall–Kier alpha value is -2.21. The van der Waals surface area contributed by atoms with Crippen LogP contribution in [0, 0.1) is 5.82 Å². The summed E-state index contributed by atoms with van der Waals surface area (Å²) in [6.45, 7) is 2.28. The molecule has 25 heavy (non-hydrogen) atoms. The van der Waals surface area contributed by atoms with Gasteiger partial charge in [-0.1, -0.05) is 12.1 Å². The van der Waals surface area contributed by atoms with Crippen molar-refractivity contribution < 1.29 is 14.0 Å². The largest absolute Gasteiger partial charge is 0.339 e. The Labute approximate surface area is 150 Å². The number of hydrogen-bond donors (Lipinski definition) is 0. The molecule has 0 bridgehead atoms. The first-order valence-electron chi connectivity index (χ1n) is 8.43. The maximum atomic E-state index is 12.9. The highest BCUT2D eigenvalue weighted by Gasteiger charge is 2.23. The first-order valence-corrected chi connectivity index (χ1v) is 9.37. The number of rotatable bonds is 5. The van der Waals surface area contributed by atoms with Gasteiger partial charge in [0, 0.05) is 32.6 Å². The van der Waals surface area contributed by atoms with Crippen LogP contribution in [-0.4, -0.2) is 47.8 Å². The number of amides is 2. The molecule has 1 fully saturated rings. The van der Waals surface area contributed by atoms with Crippen molar-refractivity contribution >= 4 is 23.2 Å². The van der Waals surface area contributed by atoms with Gasteiger partial charge < -0.3 is 9.80 Å². The lowest BCUT2D eigenvalue weighted by Crippen LogP contribution is -2.51. The van der Waals surface area contributed by atoms with Gasteiger partial charge in [-0.25, -0.2) is 4.39 Å². The molecule has 6 heteroatoms. The molecule has 4 nitrogen and oxygen atoms in total. The number of hydrogen-bond acceptors (Lipinski definition) is 3. The van der Waals surface area contributed by atoms with Crippen molar-refractivity contribution in [1.29, 1.82) is 0 Å². The molecular weight excluding hydrogens is 339 g/mol. The Balaban J connectivity index is 1.43. The van der Waals surface area contributed by atoms with E-state index in [0.29, 0.717) is 32.6 Å². The number of carbonyl (C=O) groups excluding carboxylic acids is 2. The Kier molecular flexibility index (Phi) is 5.81. The molecule has 0 N–H and O–H groups in total. The number of thiophene rings is 1. The Morgan fingerprint density at radius 3 is 2.16 bits per heavy atom. The molecule has 0 saturated carbocycles. The van der Waals surface area contributed by atoms with E-state index in [1.165, 1.54) is 17.7 Å². The number of nitrogens with zero attached hydrogens (tertiary/aromatic N) is 2. The van der Waals surface area contributed by atoms with Gasteiger partial charge in [-0.3, -0.25) is 9.59 Å². The Morgan fingerprint density at radius 1 is 0.920 bits per heavy atom. The first kappa shape index (κ1) is 17.6. The van der Waals surface area contributed by atoms with E-state index in [9.17, 15) is 14.0 Å². The summed E-state index contributed by atoms with van der Waals surface area (Å²) in [5.41, 5.74) is 2.01. The zero-order valence-electron chi connectivity index (χ0n) is 14.0. The minimum Gasteiger partial charge on any atom is -0.339 e.